The van der Waals surface area contributed by atoms with E-state index < -0.39 is 5.97 Å². The van der Waals surface area contributed by atoms with E-state index in [0.717, 1.165) is 38.9 Å². The van der Waals surface area contributed by atoms with Crippen molar-refractivity contribution in [2.24, 2.45) is 5.92 Å². The number of carbonyl (C=O) groups is 1. The summed E-state index contributed by atoms with van der Waals surface area (Å²) in [6.45, 7) is 7.16. The van der Waals surface area contributed by atoms with Gasteiger partial charge >= 0.3 is 5.97 Å². The van der Waals surface area contributed by atoms with Crippen LogP contribution in [0.4, 0.5) is 0 Å². The van der Waals surface area contributed by atoms with E-state index in [0.29, 0.717) is 0 Å². The summed E-state index contributed by atoms with van der Waals surface area (Å²) in [4.78, 5) is 13.3. The van der Waals surface area contributed by atoms with Gasteiger partial charge in [0.25, 0.3) is 0 Å². The van der Waals surface area contributed by atoms with Crippen molar-refractivity contribution in [1.82, 2.24) is 4.90 Å². The summed E-state index contributed by atoms with van der Waals surface area (Å²) in [6, 6.07) is 6.65. The molecular weight excluding hydrogens is 238 g/mol. The molecule has 0 aliphatic carbocycles. The van der Waals surface area contributed by atoms with Crippen LogP contribution in [0.1, 0.15) is 29.5 Å². The fourth-order valence-electron chi connectivity index (χ4n) is 2.65. The maximum Gasteiger partial charge on any atom is 0.306 e. The van der Waals surface area contributed by atoms with Gasteiger partial charge < -0.3 is 10.0 Å². The first-order valence-corrected chi connectivity index (χ1v) is 7.07. The Morgan fingerprint density at radius 1 is 1.26 bits per heavy atom. The lowest BCUT2D eigenvalue weighted by Gasteiger charge is -2.30. The van der Waals surface area contributed by atoms with Crippen molar-refractivity contribution < 1.29 is 9.90 Å². The van der Waals surface area contributed by atoms with E-state index in [4.69, 9.17) is 5.11 Å². The van der Waals surface area contributed by atoms with Gasteiger partial charge in [-0.3, -0.25) is 4.79 Å². The van der Waals surface area contributed by atoms with Crippen LogP contribution in [0.25, 0.3) is 0 Å². The minimum absolute atomic E-state index is 0.127. The third-order valence-corrected chi connectivity index (χ3v) is 4.22. The molecule has 0 unspecified atom stereocenters. The molecule has 1 N–H and O–H groups in total. The number of rotatable bonds is 4. The van der Waals surface area contributed by atoms with Gasteiger partial charge in [-0.1, -0.05) is 18.2 Å². The van der Waals surface area contributed by atoms with Gasteiger partial charge in [0.2, 0.25) is 0 Å². The third-order valence-electron chi connectivity index (χ3n) is 4.22. The molecule has 0 radical (unpaired) electrons. The number of carboxylic acid groups (broad SMARTS) is 1. The molecule has 0 saturated carbocycles. The summed E-state index contributed by atoms with van der Waals surface area (Å²) >= 11 is 0. The Morgan fingerprint density at radius 2 is 1.95 bits per heavy atom. The van der Waals surface area contributed by atoms with Gasteiger partial charge in [-0.15, -0.1) is 0 Å². The highest BCUT2D eigenvalue weighted by molar-refractivity contribution is 5.70. The highest BCUT2D eigenvalue weighted by Crippen LogP contribution is 2.18. The van der Waals surface area contributed by atoms with E-state index >= 15 is 0 Å². The van der Waals surface area contributed by atoms with E-state index in [1.807, 2.05) is 0 Å². The average Bonchev–Trinajstić information content (AvgIpc) is 2.40. The summed E-state index contributed by atoms with van der Waals surface area (Å²) < 4.78 is 0. The van der Waals surface area contributed by atoms with Crippen molar-refractivity contribution in [3.05, 3.63) is 34.9 Å². The van der Waals surface area contributed by atoms with Crippen molar-refractivity contribution >= 4 is 5.97 Å². The lowest BCUT2D eigenvalue weighted by atomic mass is 9.96. The molecule has 0 bridgehead atoms. The molecule has 3 nitrogen and oxygen atoms in total. The molecule has 0 amide bonds. The van der Waals surface area contributed by atoms with Crippen molar-refractivity contribution in [2.75, 3.05) is 19.6 Å². The molecule has 1 saturated heterocycles. The first-order valence-electron chi connectivity index (χ1n) is 7.07. The molecule has 1 aromatic rings. The van der Waals surface area contributed by atoms with Gasteiger partial charge in [0, 0.05) is 6.54 Å². The van der Waals surface area contributed by atoms with Crippen molar-refractivity contribution in [2.45, 2.75) is 33.1 Å². The third kappa shape index (κ3) is 3.80. The SMILES string of the molecule is Cc1ccc(CCN2CCC(C(=O)O)CC2)cc1C. The summed E-state index contributed by atoms with van der Waals surface area (Å²) in [6.07, 6.45) is 2.64. The molecule has 0 atom stereocenters. The van der Waals surface area contributed by atoms with E-state index in [9.17, 15) is 4.79 Å². The van der Waals surface area contributed by atoms with Crippen molar-refractivity contribution in [3.8, 4) is 0 Å². The molecule has 3 heteroatoms. The molecule has 104 valence electrons. The second-order valence-corrected chi connectivity index (χ2v) is 5.62. The number of piperidine rings is 1. The Labute approximate surface area is 115 Å². The van der Waals surface area contributed by atoms with Gasteiger partial charge in [0.1, 0.15) is 0 Å². The fraction of sp³-hybridized carbons (Fsp3) is 0.562. The standard InChI is InChI=1S/C16H23NO2/c1-12-3-4-14(11-13(12)2)5-8-17-9-6-15(7-10-17)16(18)19/h3-4,11,15H,5-10H2,1-2H3,(H,18,19). The Morgan fingerprint density at radius 3 is 2.53 bits per heavy atom. The smallest absolute Gasteiger partial charge is 0.306 e. The van der Waals surface area contributed by atoms with Crippen LogP contribution in [0.15, 0.2) is 18.2 Å². The van der Waals surface area contributed by atoms with E-state index in [-0.39, 0.29) is 5.92 Å². The second-order valence-electron chi connectivity index (χ2n) is 5.62. The molecule has 1 aliphatic heterocycles. The molecule has 1 aromatic carbocycles. The summed E-state index contributed by atoms with van der Waals surface area (Å²) in [5.74, 6) is -0.758. The van der Waals surface area contributed by atoms with Crippen LogP contribution in [0.3, 0.4) is 0 Å². The number of aliphatic carboxylic acids is 1. The van der Waals surface area contributed by atoms with Gasteiger partial charge in [-0.25, -0.2) is 0 Å². The molecule has 1 heterocycles. The number of benzene rings is 1. The topological polar surface area (TPSA) is 40.5 Å². The quantitative estimate of drug-likeness (QED) is 0.906. The van der Waals surface area contributed by atoms with Gasteiger partial charge in [0.15, 0.2) is 0 Å². The van der Waals surface area contributed by atoms with Gasteiger partial charge in [0.05, 0.1) is 5.92 Å². The highest BCUT2D eigenvalue weighted by Gasteiger charge is 2.23. The van der Waals surface area contributed by atoms with Crippen molar-refractivity contribution in [1.29, 1.82) is 0 Å². The summed E-state index contributed by atoms with van der Waals surface area (Å²) in [5.41, 5.74) is 4.07. The monoisotopic (exact) mass is 261 g/mol. The normalized spacial score (nSPS) is 17.6. The lowest BCUT2D eigenvalue weighted by molar-refractivity contribution is -0.143. The Balaban J connectivity index is 1.80. The minimum atomic E-state index is -0.631. The zero-order chi connectivity index (χ0) is 13.8. The first kappa shape index (κ1) is 14.1. The fourth-order valence-corrected chi connectivity index (χ4v) is 2.65. The van der Waals surface area contributed by atoms with Crippen LogP contribution < -0.4 is 0 Å². The van der Waals surface area contributed by atoms with Crippen molar-refractivity contribution in [3.63, 3.8) is 0 Å². The van der Waals surface area contributed by atoms with Crippen LogP contribution >= 0.6 is 0 Å². The van der Waals surface area contributed by atoms with Gasteiger partial charge in [-0.05, 0) is 62.9 Å². The number of nitrogens with zero attached hydrogens (tertiary/aromatic N) is 1. The molecule has 1 aliphatic rings. The molecule has 0 aromatic heterocycles. The Hall–Kier alpha value is -1.35. The Bertz CT molecular complexity index is 448. The maximum atomic E-state index is 10.9. The van der Waals surface area contributed by atoms with Crippen LogP contribution in [0.2, 0.25) is 0 Å². The number of carboxylic acids is 1. The van der Waals surface area contributed by atoms with E-state index in [1.54, 1.807) is 0 Å². The van der Waals surface area contributed by atoms with E-state index in [1.165, 1.54) is 16.7 Å². The molecule has 1 fully saturated rings. The largest absolute Gasteiger partial charge is 0.481 e. The number of likely N-dealkylation sites (tertiary alicyclic amines) is 1. The maximum absolute atomic E-state index is 10.9. The number of hydrogen-bond acceptors (Lipinski definition) is 2. The molecule has 0 spiro atoms. The molecule has 19 heavy (non-hydrogen) atoms. The Kier molecular flexibility index (Phi) is 4.59. The van der Waals surface area contributed by atoms with Crippen LogP contribution in [-0.4, -0.2) is 35.6 Å². The molecule has 2 rings (SSSR count). The summed E-state index contributed by atoms with van der Waals surface area (Å²) in [5, 5.41) is 8.97. The average molecular weight is 261 g/mol. The molecular formula is C16H23NO2. The minimum Gasteiger partial charge on any atom is -0.481 e. The second kappa shape index (κ2) is 6.20. The lowest BCUT2D eigenvalue weighted by Crippen LogP contribution is -2.37. The summed E-state index contributed by atoms with van der Waals surface area (Å²) in [7, 11) is 0. The van der Waals surface area contributed by atoms with Crippen LogP contribution in [0, 0.1) is 19.8 Å². The first-order chi connectivity index (χ1) is 9.06. The highest BCUT2D eigenvalue weighted by atomic mass is 16.4. The zero-order valence-electron chi connectivity index (χ0n) is 11.9. The van der Waals surface area contributed by atoms with Gasteiger partial charge in [-0.2, -0.15) is 0 Å². The number of hydrogen-bond donors (Lipinski definition) is 1. The van der Waals surface area contributed by atoms with Crippen LogP contribution in [0.5, 0.6) is 0 Å². The van der Waals surface area contributed by atoms with Crippen LogP contribution in [-0.2, 0) is 11.2 Å². The zero-order valence-corrected chi connectivity index (χ0v) is 11.9. The van der Waals surface area contributed by atoms with E-state index in [2.05, 4.69) is 36.9 Å². The number of aryl methyl sites for hydroxylation is 2. The predicted molar refractivity (Wildman–Crippen MR) is 76.4 cm³/mol. The predicted octanol–water partition coefficient (Wildman–Crippen LogP) is 2.64.